The number of rotatable bonds is 5. The van der Waals surface area contributed by atoms with E-state index < -0.39 is 46.3 Å². The van der Waals surface area contributed by atoms with Crippen LogP contribution < -0.4 is 56.1 Å². The number of hydrogen-bond acceptors (Lipinski definition) is 8. The minimum absolute atomic E-state index is 0. The number of benzene rings is 2. The van der Waals surface area contributed by atoms with Gasteiger partial charge in [0.15, 0.2) is 5.75 Å². The first-order chi connectivity index (χ1) is 11.0. The Hall–Kier alpha value is -1.06. The molecule has 10 nitrogen and oxygen atoms in total. The predicted octanol–water partition coefficient (Wildman–Crippen LogP) is -1.99. The summed E-state index contributed by atoms with van der Waals surface area (Å²) in [4.78, 5) is 8.62. The van der Waals surface area contributed by atoms with Crippen LogP contribution in [0.3, 0.4) is 0 Å². The molecule has 0 aliphatic carbocycles. The third-order valence-electron chi connectivity index (χ3n) is 2.83. The molecule has 0 heterocycles. The first-order valence-corrected chi connectivity index (χ1v) is 8.96. The van der Waals surface area contributed by atoms with Crippen molar-refractivity contribution in [1.82, 2.24) is 0 Å². The molecule has 0 bridgehead atoms. The van der Waals surface area contributed by atoms with E-state index in [0.29, 0.717) is 6.07 Å². The molecule has 13 heteroatoms. The summed E-state index contributed by atoms with van der Waals surface area (Å²) < 4.78 is 59.2. The smallest absolute Gasteiger partial charge is 0.744 e. The van der Waals surface area contributed by atoms with Gasteiger partial charge in [-0.05, 0) is 30.3 Å². The minimum atomic E-state index is -4.78. The molecule has 0 aliphatic rings. The van der Waals surface area contributed by atoms with Crippen LogP contribution in [0.4, 0.5) is 11.4 Å². The van der Waals surface area contributed by atoms with Crippen LogP contribution in [0.5, 0.6) is 5.75 Å². The van der Waals surface area contributed by atoms with Crippen LogP contribution in [0.25, 0.3) is 0 Å². The van der Waals surface area contributed by atoms with Gasteiger partial charge in [-0.2, -0.15) is 0 Å². The van der Waals surface area contributed by atoms with E-state index in [1.807, 2.05) is 4.72 Å². The van der Waals surface area contributed by atoms with Crippen molar-refractivity contribution in [1.29, 1.82) is 0 Å². The van der Waals surface area contributed by atoms with Crippen molar-refractivity contribution in [2.75, 3.05) is 4.72 Å². The van der Waals surface area contributed by atoms with Crippen molar-refractivity contribution < 1.29 is 82.8 Å². The Morgan fingerprint density at radius 1 is 1.00 bits per heavy atom. The van der Waals surface area contributed by atoms with E-state index in [4.69, 9.17) is 0 Å². The van der Waals surface area contributed by atoms with Gasteiger partial charge in [0.05, 0.1) is 20.4 Å². The number of hydrogen-bond donors (Lipinski definition) is 2. The Balaban J connectivity index is 0.00000312. The van der Waals surface area contributed by atoms with Gasteiger partial charge in [0.25, 0.3) is 10.0 Å². The normalized spacial score (nSPS) is 11.4. The number of nitro benzene ring substituents is 1. The average Bonchev–Trinajstić information content (AvgIpc) is 2.46. The van der Waals surface area contributed by atoms with Crippen LogP contribution in [-0.4, -0.2) is 31.4 Å². The fraction of sp³-hybridized carbons (Fsp3) is 0. The second kappa shape index (κ2) is 8.09. The second-order valence-corrected chi connectivity index (χ2v) is 7.56. The SMILES string of the molecule is O=[N+]([O-])c1cc(S(=O)(=O)Nc2cccc(S(=O)(=O)[O-])c2)ccc1O.[K+]. The molecule has 0 aromatic heterocycles. The number of phenolic OH excluding ortho intramolecular Hbond substituents is 1. The number of nitrogens with one attached hydrogen (secondary N) is 1. The third-order valence-corrected chi connectivity index (χ3v) is 5.04. The molecule has 0 spiro atoms. The average molecular weight is 412 g/mol. The molecular formula is C12H9KN2O8S2. The topological polar surface area (TPSA) is 167 Å². The summed E-state index contributed by atoms with van der Waals surface area (Å²) >= 11 is 0. The van der Waals surface area contributed by atoms with E-state index in [0.717, 1.165) is 30.3 Å². The summed E-state index contributed by atoms with van der Waals surface area (Å²) in [6.07, 6.45) is 0. The summed E-state index contributed by atoms with van der Waals surface area (Å²) in [5.41, 5.74) is -1.03. The van der Waals surface area contributed by atoms with Gasteiger partial charge in [-0.1, -0.05) is 6.07 Å². The van der Waals surface area contributed by atoms with Crippen molar-refractivity contribution in [3.8, 4) is 5.75 Å². The number of nitro groups is 1. The zero-order valence-corrected chi connectivity index (χ0v) is 17.4. The van der Waals surface area contributed by atoms with Crippen LogP contribution in [0, 0.1) is 10.1 Å². The Bertz CT molecular complexity index is 1020. The third kappa shape index (κ3) is 5.45. The maximum Gasteiger partial charge on any atom is 1.00 e. The van der Waals surface area contributed by atoms with Crippen molar-refractivity contribution in [3.05, 3.63) is 52.6 Å². The maximum absolute atomic E-state index is 12.2. The van der Waals surface area contributed by atoms with E-state index >= 15 is 0 Å². The van der Waals surface area contributed by atoms with Gasteiger partial charge in [0, 0.05) is 6.07 Å². The van der Waals surface area contributed by atoms with Gasteiger partial charge < -0.3 is 9.66 Å². The van der Waals surface area contributed by atoms with E-state index in [1.165, 1.54) is 6.07 Å². The summed E-state index contributed by atoms with van der Waals surface area (Å²) in [7, 11) is -9.09. The van der Waals surface area contributed by atoms with Gasteiger partial charge in [-0.3, -0.25) is 14.8 Å². The number of nitrogens with zero attached hydrogens (tertiary/aromatic N) is 1. The molecular weight excluding hydrogens is 403 g/mol. The van der Waals surface area contributed by atoms with Crippen molar-refractivity contribution in [2.24, 2.45) is 0 Å². The molecule has 0 unspecified atom stereocenters. The molecule has 0 saturated carbocycles. The van der Waals surface area contributed by atoms with Crippen LogP contribution >= 0.6 is 0 Å². The molecule has 2 aromatic carbocycles. The molecule has 0 saturated heterocycles. The molecule has 2 aromatic rings. The van der Waals surface area contributed by atoms with Gasteiger partial charge in [-0.15, -0.1) is 0 Å². The van der Waals surface area contributed by atoms with E-state index in [2.05, 4.69) is 0 Å². The molecule has 0 radical (unpaired) electrons. The number of anilines is 1. The maximum atomic E-state index is 12.2. The van der Waals surface area contributed by atoms with Crippen LogP contribution in [0.2, 0.25) is 0 Å². The standard InChI is InChI=1S/C12H10N2O8S2.K/c15-12-5-4-9(7-11(12)14(16)17)23(18,19)13-8-2-1-3-10(6-8)24(20,21)22;/h1-7,13,15H,(H,20,21,22);/q;+1/p-1. The van der Waals surface area contributed by atoms with Gasteiger partial charge >= 0.3 is 57.1 Å². The molecule has 0 fully saturated rings. The molecule has 128 valence electrons. The number of sulfonamides is 1. The quantitative estimate of drug-likeness (QED) is 0.246. The van der Waals surface area contributed by atoms with Crippen molar-refractivity contribution >= 4 is 31.5 Å². The molecule has 0 atom stereocenters. The second-order valence-electron chi connectivity index (χ2n) is 4.50. The van der Waals surface area contributed by atoms with Gasteiger partial charge in [-0.25, -0.2) is 16.8 Å². The van der Waals surface area contributed by atoms with Crippen molar-refractivity contribution in [2.45, 2.75) is 9.79 Å². The van der Waals surface area contributed by atoms with E-state index in [-0.39, 0.29) is 57.1 Å². The fourth-order valence-corrected chi connectivity index (χ4v) is 3.33. The summed E-state index contributed by atoms with van der Waals surface area (Å²) in [6.45, 7) is 0. The monoisotopic (exact) mass is 412 g/mol. The number of aromatic hydroxyl groups is 1. The van der Waals surface area contributed by atoms with Crippen LogP contribution in [0.1, 0.15) is 0 Å². The van der Waals surface area contributed by atoms with Crippen molar-refractivity contribution in [3.63, 3.8) is 0 Å². The molecule has 25 heavy (non-hydrogen) atoms. The number of phenols is 1. The predicted molar refractivity (Wildman–Crippen MR) is 80.0 cm³/mol. The van der Waals surface area contributed by atoms with E-state index in [9.17, 15) is 36.6 Å². The molecule has 2 rings (SSSR count). The van der Waals surface area contributed by atoms with Crippen LogP contribution in [-0.2, 0) is 20.1 Å². The van der Waals surface area contributed by atoms with Gasteiger partial charge in [0.2, 0.25) is 0 Å². The van der Waals surface area contributed by atoms with E-state index in [1.54, 1.807) is 0 Å². The zero-order valence-electron chi connectivity index (χ0n) is 12.6. The van der Waals surface area contributed by atoms with Gasteiger partial charge in [0.1, 0.15) is 10.1 Å². The summed E-state index contributed by atoms with van der Waals surface area (Å²) in [5.74, 6) is -0.710. The summed E-state index contributed by atoms with van der Waals surface area (Å²) in [6, 6.07) is 6.57. The molecule has 0 aliphatic heterocycles. The first-order valence-electron chi connectivity index (χ1n) is 6.07. The fourth-order valence-electron chi connectivity index (χ4n) is 1.75. The van der Waals surface area contributed by atoms with Crippen LogP contribution in [0.15, 0.2) is 52.3 Å². The largest absolute Gasteiger partial charge is 1.00 e. The minimum Gasteiger partial charge on any atom is -0.744 e. The zero-order chi connectivity index (χ0) is 18.1. The summed E-state index contributed by atoms with van der Waals surface area (Å²) in [5, 5.41) is 20.1. The molecule has 2 N–H and O–H groups in total. The Labute approximate surface area is 185 Å². The Morgan fingerprint density at radius 2 is 1.64 bits per heavy atom. The molecule has 0 amide bonds. The Morgan fingerprint density at radius 3 is 2.20 bits per heavy atom. The Kier molecular flexibility index (Phi) is 7.11. The first kappa shape index (κ1) is 22.0.